The van der Waals surface area contributed by atoms with Gasteiger partial charge in [-0.1, -0.05) is 0 Å². The van der Waals surface area contributed by atoms with E-state index in [1.165, 1.54) is 0 Å². The first kappa shape index (κ1) is 14.6. The number of furan rings is 1. The molecule has 7 heteroatoms. The molecule has 1 amide bonds. The summed E-state index contributed by atoms with van der Waals surface area (Å²) in [4.78, 5) is 14.5. The summed E-state index contributed by atoms with van der Waals surface area (Å²) in [6.45, 7) is 3.57. The number of hydrogen-bond acceptors (Lipinski definition) is 4. The largest absolute Gasteiger partial charge is 0.448 e. The van der Waals surface area contributed by atoms with E-state index in [1.807, 2.05) is 15.5 Å². The van der Waals surface area contributed by atoms with E-state index in [-0.39, 0.29) is 5.91 Å². The number of carbonyl (C=O) groups excluding carboxylic acids is 1. The van der Waals surface area contributed by atoms with Gasteiger partial charge in [-0.2, -0.15) is 0 Å². The molecule has 1 aliphatic rings. The third-order valence-corrected chi connectivity index (χ3v) is 3.99. The van der Waals surface area contributed by atoms with Crippen LogP contribution in [0.4, 0.5) is 0 Å². The molecule has 0 aliphatic carbocycles. The second-order valence-electron chi connectivity index (χ2n) is 4.88. The molecule has 0 aromatic carbocycles. The van der Waals surface area contributed by atoms with Crippen molar-refractivity contribution in [3.8, 4) is 0 Å². The van der Waals surface area contributed by atoms with Gasteiger partial charge in [0.15, 0.2) is 10.3 Å². The summed E-state index contributed by atoms with van der Waals surface area (Å²) in [7, 11) is 1.65. The van der Waals surface area contributed by atoms with E-state index in [0.29, 0.717) is 55.4 Å². The van der Waals surface area contributed by atoms with Crippen molar-refractivity contribution < 1.29 is 18.7 Å². The monoisotopic (exact) mass is 356 g/mol. The highest BCUT2D eigenvalue weighted by atomic mass is 79.9. The minimum Gasteiger partial charge on any atom is -0.448 e. The quantitative estimate of drug-likeness (QED) is 0.841. The lowest BCUT2D eigenvalue weighted by Crippen LogP contribution is -2.41. The molecular weight excluding hydrogens is 340 g/mol. The molecule has 3 heterocycles. The van der Waals surface area contributed by atoms with E-state index in [0.717, 1.165) is 5.52 Å². The van der Waals surface area contributed by atoms with Crippen LogP contribution < -0.4 is 0 Å². The van der Waals surface area contributed by atoms with Crippen LogP contribution >= 0.6 is 15.9 Å². The summed E-state index contributed by atoms with van der Waals surface area (Å²) in [6, 6.07) is 3.68. The highest BCUT2D eigenvalue weighted by molar-refractivity contribution is 9.10. The van der Waals surface area contributed by atoms with Gasteiger partial charge in [0.2, 0.25) is 0 Å². The first-order chi connectivity index (χ1) is 10.2. The minimum atomic E-state index is 0.0110. The van der Waals surface area contributed by atoms with Crippen LogP contribution in [-0.4, -0.2) is 55.4 Å². The Balaban J connectivity index is 1.95. The molecule has 3 rings (SSSR count). The van der Waals surface area contributed by atoms with E-state index >= 15 is 0 Å². The second-order valence-corrected chi connectivity index (χ2v) is 5.66. The summed E-state index contributed by atoms with van der Waals surface area (Å²) in [6.07, 6.45) is 0. The van der Waals surface area contributed by atoms with Gasteiger partial charge in [0.05, 0.1) is 25.3 Å². The van der Waals surface area contributed by atoms with Crippen LogP contribution in [0.15, 0.2) is 21.2 Å². The molecule has 0 spiro atoms. The van der Waals surface area contributed by atoms with Crippen molar-refractivity contribution in [1.82, 2.24) is 9.47 Å². The van der Waals surface area contributed by atoms with Crippen molar-refractivity contribution in [1.29, 1.82) is 0 Å². The van der Waals surface area contributed by atoms with Crippen molar-refractivity contribution in [2.45, 2.75) is 6.54 Å². The zero-order chi connectivity index (χ0) is 14.8. The molecule has 2 aromatic rings. The van der Waals surface area contributed by atoms with Crippen molar-refractivity contribution >= 4 is 32.9 Å². The summed E-state index contributed by atoms with van der Waals surface area (Å²) >= 11 is 3.32. The number of rotatable bonds is 4. The average Bonchev–Trinajstić information content (AvgIpc) is 3.01. The van der Waals surface area contributed by atoms with E-state index in [1.54, 1.807) is 13.2 Å². The van der Waals surface area contributed by atoms with Crippen LogP contribution in [0.1, 0.15) is 10.5 Å². The third-order valence-electron chi connectivity index (χ3n) is 3.60. The van der Waals surface area contributed by atoms with Crippen LogP contribution in [0.2, 0.25) is 0 Å². The molecule has 0 bridgehead atoms. The van der Waals surface area contributed by atoms with E-state index in [9.17, 15) is 4.79 Å². The summed E-state index contributed by atoms with van der Waals surface area (Å²) in [5, 5.41) is 0. The predicted molar refractivity (Wildman–Crippen MR) is 80.5 cm³/mol. The lowest BCUT2D eigenvalue weighted by Gasteiger charge is -2.27. The Kier molecular flexibility index (Phi) is 4.32. The van der Waals surface area contributed by atoms with Gasteiger partial charge in [-0.05, 0) is 15.9 Å². The van der Waals surface area contributed by atoms with Gasteiger partial charge in [0.25, 0.3) is 5.91 Å². The summed E-state index contributed by atoms with van der Waals surface area (Å²) in [5.41, 5.74) is 2.24. The Bertz CT molecular complexity index is 643. The Morgan fingerprint density at radius 2 is 2.14 bits per heavy atom. The summed E-state index contributed by atoms with van der Waals surface area (Å²) < 4.78 is 18.6. The third kappa shape index (κ3) is 2.86. The number of carbonyl (C=O) groups is 1. The standard InChI is InChI=1S/C14H17BrN2O4/c1-19-5-4-17-10-9-13(15)21-12(10)8-11(17)14(18)16-2-6-20-7-3-16/h8-9H,2-7H2,1H3. The highest BCUT2D eigenvalue weighted by Crippen LogP contribution is 2.27. The van der Waals surface area contributed by atoms with E-state index in [2.05, 4.69) is 15.9 Å². The average molecular weight is 357 g/mol. The maximum absolute atomic E-state index is 12.7. The maximum Gasteiger partial charge on any atom is 0.270 e. The molecule has 0 radical (unpaired) electrons. The van der Waals surface area contributed by atoms with Crippen molar-refractivity contribution in [3.63, 3.8) is 0 Å². The molecule has 1 fully saturated rings. The molecular formula is C14H17BrN2O4. The highest BCUT2D eigenvalue weighted by Gasteiger charge is 2.24. The number of methoxy groups -OCH3 is 1. The van der Waals surface area contributed by atoms with Crippen LogP contribution in [0.3, 0.4) is 0 Å². The van der Waals surface area contributed by atoms with Gasteiger partial charge in [0.1, 0.15) is 5.69 Å². The number of aromatic nitrogens is 1. The normalized spacial score (nSPS) is 15.8. The van der Waals surface area contributed by atoms with Crippen LogP contribution in [0, 0.1) is 0 Å². The van der Waals surface area contributed by atoms with Gasteiger partial charge in [-0.25, -0.2) is 0 Å². The lowest BCUT2D eigenvalue weighted by atomic mass is 10.3. The first-order valence-electron chi connectivity index (χ1n) is 6.85. The fraction of sp³-hybridized carbons (Fsp3) is 0.500. The number of halogens is 1. The van der Waals surface area contributed by atoms with Gasteiger partial charge < -0.3 is 23.4 Å². The van der Waals surface area contributed by atoms with Crippen molar-refractivity contribution in [2.75, 3.05) is 40.0 Å². The molecule has 0 saturated carbocycles. The molecule has 1 saturated heterocycles. The number of fused-ring (bicyclic) bond motifs is 1. The smallest absolute Gasteiger partial charge is 0.270 e. The maximum atomic E-state index is 12.7. The van der Waals surface area contributed by atoms with Crippen LogP contribution in [0.25, 0.3) is 11.1 Å². The van der Waals surface area contributed by atoms with Gasteiger partial charge in [0, 0.05) is 38.9 Å². The zero-order valence-corrected chi connectivity index (χ0v) is 13.4. The topological polar surface area (TPSA) is 56.8 Å². The Morgan fingerprint density at radius 1 is 1.38 bits per heavy atom. The van der Waals surface area contributed by atoms with Gasteiger partial charge in [-0.3, -0.25) is 4.79 Å². The van der Waals surface area contributed by atoms with E-state index < -0.39 is 0 Å². The Hall–Kier alpha value is -1.31. The fourth-order valence-electron chi connectivity index (χ4n) is 2.54. The molecule has 21 heavy (non-hydrogen) atoms. The molecule has 0 atom stereocenters. The minimum absolute atomic E-state index is 0.0110. The number of amides is 1. The number of ether oxygens (including phenoxy) is 2. The summed E-state index contributed by atoms with van der Waals surface area (Å²) in [5.74, 6) is 0.0110. The van der Waals surface area contributed by atoms with Crippen molar-refractivity contribution in [3.05, 3.63) is 22.5 Å². The number of hydrogen-bond donors (Lipinski definition) is 0. The first-order valence-corrected chi connectivity index (χ1v) is 7.64. The van der Waals surface area contributed by atoms with Crippen molar-refractivity contribution in [2.24, 2.45) is 0 Å². The van der Waals surface area contributed by atoms with Crippen LogP contribution in [0.5, 0.6) is 0 Å². The second kappa shape index (κ2) is 6.21. The lowest BCUT2D eigenvalue weighted by molar-refractivity contribution is 0.0295. The molecule has 0 unspecified atom stereocenters. The number of nitrogens with zero attached hydrogens (tertiary/aromatic N) is 2. The Labute approximate surface area is 130 Å². The molecule has 114 valence electrons. The fourth-order valence-corrected chi connectivity index (χ4v) is 2.93. The van der Waals surface area contributed by atoms with Gasteiger partial charge in [-0.15, -0.1) is 0 Å². The molecule has 6 nitrogen and oxygen atoms in total. The molecule has 2 aromatic heterocycles. The van der Waals surface area contributed by atoms with Gasteiger partial charge >= 0.3 is 0 Å². The zero-order valence-electron chi connectivity index (χ0n) is 11.8. The number of morpholine rings is 1. The van der Waals surface area contributed by atoms with E-state index in [4.69, 9.17) is 13.9 Å². The SMILES string of the molecule is COCCn1c(C(=O)N2CCOCC2)cc2oc(Br)cc21. The Morgan fingerprint density at radius 3 is 2.86 bits per heavy atom. The van der Waals surface area contributed by atoms with Crippen LogP contribution in [-0.2, 0) is 16.0 Å². The predicted octanol–water partition coefficient (Wildman–Crippen LogP) is 2.12. The molecule has 0 N–H and O–H groups in total. The molecule has 1 aliphatic heterocycles.